The van der Waals surface area contributed by atoms with Crippen LogP contribution < -0.4 is 5.73 Å². The lowest BCUT2D eigenvalue weighted by Gasteiger charge is -1.90. The molecule has 5 heteroatoms. The molecule has 0 radical (unpaired) electrons. The van der Waals surface area contributed by atoms with Crippen molar-refractivity contribution in [2.75, 3.05) is 6.54 Å². The van der Waals surface area contributed by atoms with Crippen molar-refractivity contribution in [3.05, 3.63) is 0 Å². The summed E-state index contributed by atoms with van der Waals surface area (Å²) in [5, 5.41) is 0. The Labute approximate surface area is 64.8 Å². The number of unbranched alkanes of at least 4 members (excludes halogenated alkanes) is 3. The van der Waals surface area contributed by atoms with Gasteiger partial charge in [0.1, 0.15) is 0 Å². The first-order valence-electron chi connectivity index (χ1n) is 3.12. The molecule has 0 saturated carbocycles. The summed E-state index contributed by atoms with van der Waals surface area (Å²) in [4.78, 5) is 0. The lowest BCUT2D eigenvalue weighted by molar-refractivity contribution is 0.674. The smallest absolute Gasteiger partial charge is 0.00773 e. The van der Waals surface area contributed by atoms with E-state index in [9.17, 15) is 0 Å². The van der Waals surface area contributed by atoms with Gasteiger partial charge in [0.2, 0.25) is 0 Å². The molecule has 0 aliphatic carbocycles. The molecule has 0 aromatic rings. The highest BCUT2D eigenvalue weighted by Crippen LogP contribution is 1.95. The Morgan fingerprint density at radius 3 is 1.55 bits per heavy atom. The average Bonchev–Trinajstić information content (AvgIpc) is 1.69. The maximum Gasteiger partial charge on any atom is -0.00773 e. The number of halogens is 4. The quantitative estimate of drug-likeness (QED) is 0.522. The molecule has 0 atom stereocenters. The second-order valence-electron chi connectivity index (χ2n) is 1.85. The first kappa shape index (κ1) is 31.0. The molecule has 0 amide bonds. The monoisotopic (exact) mass is 181 g/mol. The van der Waals surface area contributed by atoms with Gasteiger partial charge in [0, 0.05) is 0 Å². The second kappa shape index (κ2) is 33.3. The van der Waals surface area contributed by atoms with Gasteiger partial charge in [-0.25, -0.2) is 0 Å². The lowest BCUT2D eigenvalue weighted by Crippen LogP contribution is -1.97. The van der Waals surface area contributed by atoms with E-state index >= 15 is 0 Å². The van der Waals surface area contributed by atoms with E-state index < -0.39 is 0 Å². The van der Waals surface area contributed by atoms with E-state index in [1.165, 1.54) is 25.7 Å². The Bertz CT molecular complexity index is 33.8. The number of nitrogens with two attached hydrogens (primary N) is 1. The molecule has 0 bridgehead atoms. The molecule has 0 fully saturated rings. The molecule has 0 rings (SSSR count). The third-order valence-corrected chi connectivity index (χ3v) is 1.06. The van der Waals surface area contributed by atoms with Crippen LogP contribution in [-0.2, 0) is 0 Å². The van der Waals surface area contributed by atoms with Crippen molar-refractivity contribution in [3.63, 3.8) is 0 Å². The first-order valence-corrected chi connectivity index (χ1v) is 3.12. The maximum atomic E-state index is 5.27. The van der Waals surface area contributed by atoms with Gasteiger partial charge < -0.3 is 5.73 Å². The van der Waals surface area contributed by atoms with E-state index in [0.717, 1.165) is 6.54 Å². The van der Waals surface area contributed by atoms with Crippen LogP contribution in [0.1, 0.15) is 32.6 Å². The van der Waals surface area contributed by atoms with E-state index in [0.29, 0.717) is 0 Å². The Morgan fingerprint density at radius 2 is 1.27 bits per heavy atom. The molecule has 2 N–H and O–H groups in total. The maximum absolute atomic E-state index is 5.27. The van der Waals surface area contributed by atoms with Crippen LogP contribution >= 0.6 is 0 Å². The van der Waals surface area contributed by atoms with Crippen LogP contribution in [0.4, 0.5) is 18.8 Å². The second-order valence-corrected chi connectivity index (χ2v) is 1.85. The van der Waals surface area contributed by atoms with Crippen molar-refractivity contribution in [1.82, 2.24) is 0 Å². The minimum Gasteiger partial charge on any atom is -0.330 e. The minimum atomic E-state index is 0. The summed E-state index contributed by atoms with van der Waals surface area (Å²) in [7, 11) is 0. The Balaban J connectivity index is -0.0000000300. The zero-order chi connectivity index (χ0) is 5.54. The molecular formula is C6H19F4N. The highest BCUT2D eigenvalue weighted by molar-refractivity contribution is 4.38. The molecule has 0 spiro atoms. The molecule has 0 aliphatic rings. The van der Waals surface area contributed by atoms with Crippen molar-refractivity contribution in [2.24, 2.45) is 5.73 Å². The van der Waals surface area contributed by atoms with E-state index in [2.05, 4.69) is 6.92 Å². The molecule has 0 aliphatic heterocycles. The summed E-state index contributed by atoms with van der Waals surface area (Å²) in [6, 6.07) is 0. The molecule has 0 aromatic carbocycles. The summed E-state index contributed by atoms with van der Waals surface area (Å²) in [6.07, 6.45) is 5.16. The van der Waals surface area contributed by atoms with E-state index in [4.69, 9.17) is 5.73 Å². The Hall–Kier alpha value is -0.320. The van der Waals surface area contributed by atoms with Gasteiger partial charge in [-0.05, 0) is 13.0 Å². The van der Waals surface area contributed by atoms with Crippen LogP contribution in [0.5, 0.6) is 0 Å². The number of rotatable bonds is 4. The fourth-order valence-corrected chi connectivity index (χ4v) is 0.571. The van der Waals surface area contributed by atoms with Crippen LogP contribution in [0.25, 0.3) is 0 Å². The van der Waals surface area contributed by atoms with Crippen LogP contribution in [0, 0.1) is 0 Å². The molecular weight excluding hydrogens is 162 g/mol. The van der Waals surface area contributed by atoms with E-state index in [1.807, 2.05) is 0 Å². The summed E-state index contributed by atoms with van der Waals surface area (Å²) in [6.45, 7) is 3.07. The summed E-state index contributed by atoms with van der Waals surface area (Å²) in [5.74, 6) is 0. The normalized spacial score (nSPS) is 6.00. The van der Waals surface area contributed by atoms with Crippen molar-refractivity contribution in [1.29, 1.82) is 0 Å². The molecule has 0 heterocycles. The van der Waals surface area contributed by atoms with Crippen molar-refractivity contribution < 1.29 is 18.8 Å². The van der Waals surface area contributed by atoms with Gasteiger partial charge in [0.25, 0.3) is 0 Å². The molecule has 76 valence electrons. The summed E-state index contributed by atoms with van der Waals surface area (Å²) < 4.78 is 0. The highest BCUT2D eigenvalue weighted by atomic mass is 19.0. The van der Waals surface area contributed by atoms with Crippen LogP contribution in [0.3, 0.4) is 0 Å². The predicted molar refractivity (Wildman–Crippen MR) is 43.2 cm³/mol. The predicted octanol–water partition coefficient (Wildman–Crippen LogP) is 2.14. The number of hydrogen-bond donors (Lipinski definition) is 1. The average molecular weight is 181 g/mol. The fourth-order valence-electron chi connectivity index (χ4n) is 0.571. The largest absolute Gasteiger partial charge is 0.330 e. The van der Waals surface area contributed by atoms with Gasteiger partial charge in [-0.1, -0.05) is 26.2 Å². The molecule has 11 heavy (non-hydrogen) atoms. The Kier molecular flexibility index (Phi) is 93.9. The zero-order valence-corrected chi connectivity index (χ0v) is 6.75. The minimum absolute atomic E-state index is 0. The summed E-state index contributed by atoms with van der Waals surface area (Å²) >= 11 is 0. The molecule has 1 nitrogen and oxygen atoms in total. The third kappa shape index (κ3) is 42.2. The van der Waals surface area contributed by atoms with Crippen molar-refractivity contribution in [3.8, 4) is 0 Å². The third-order valence-electron chi connectivity index (χ3n) is 1.06. The number of hydrogen-bond acceptors (Lipinski definition) is 1. The van der Waals surface area contributed by atoms with Gasteiger partial charge in [-0.3, -0.25) is 18.8 Å². The van der Waals surface area contributed by atoms with Crippen LogP contribution in [0.15, 0.2) is 0 Å². The van der Waals surface area contributed by atoms with Crippen LogP contribution in [0.2, 0.25) is 0 Å². The SMILES string of the molecule is CCCCCCN.F.F.F.F. The van der Waals surface area contributed by atoms with Crippen LogP contribution in [-0.4, -0.2) is 6.54 Å². The first-order chi connectivity index (χ1) is 3.41. The van der Waals surface area contributed by atoms with Gasteiger partial charge in [-0.15, -0.1) is 0 Å². The highest BCUT2D eigenvalue weighted by Gasteiger charge is 1.80. The Morgan fingerprint density at radius 1 is 0.818 bits per heavy atom. The fraction of sp³-hybridized carbons (Fsp3) is 1.00. The van der Waals surface area contributed by atoms with E-state index in [1.54, 1.807) is 0 Å². The molecule has 0 unspecified atom stereocenters. The van der Waals surface area contributed by atoms with Crippen molar-refractivity contribution >= 4 is 0 Å². The molecule has 0 aromatic heterocycles. The van der Waals surface area contributed by atoms with Gasteiger partial charge in [0.05, 0.1) is 0 Å². The van der Waals surface area contributed by atoms with Gasteiger partial charge in [0.15, 0.2) is 0 Å². The molecule has 0 saturated heterocycles. The lowest BCUT2D eigenvalue weighted by atomic mass is 10.2. The zero-order valence-electron chi connectivity index (χ0n) is 6.75. The van der Waals surface area contributed by atoms with Crippen molar-refractivity contribution in [2.45, 2.75) is 32.6 Å². The van der Waals surface area contributed by atoms with Gasteiger partial charge in [-0.2, -0.15) is 0 Å². The summed E-state index contributed by atoms with van der Waals surface area (Å²) in [5.41, 5.74) is 5.27. The van der Waals surface area contributed by atoms with E-state index in [-0.39, 0.29) is 18.8 Å². The topological polar surface area (TPSA) is 26.0 Å². The van der Waals surface area contributed by atoms with Gasteiger partial charge >= 0.3 is 0 Å². The standard InChI is InChI=1S/C6H15N.4FH/c1-2-3-4-5-6-7;;;;/h2-7H2,1H3;4*1H.